The molecule has 22 heavy (non-hydrogen) atoms. The molecule has 0 aliphatic carbocycles. The van der Waals surface area contributed by atoms with Gasteiger partial charge >= 0.3 is 0 Å². The molecule has 6 heteroatoms. The Morgan fingerprint density at radius 3 is 2.77 bits per heavy atom. The zero-order valence-corrected chi connectivity index (χ0v) is 11.8. The molecule has 110 valence electrons. The number of benzene rings is 2. The van der Waals surface area contributed by atoms with Crippen molar-refractivity contribution in [1.82, 2.24) is 4.98 Å². The number of anilines is 1. The van der Waals surface area contributed by atoms with Crippen LogP contribution in [-0.2, 0) is 0 Å². The molecule has 1 aromatic heterocycles. The number of non-ortho nitro benzene ring substituents is 1. The van der Waals surface area contributed by atoms with Crippen LogP contribution in [0.1, 0.15) is 10.4 Å². The fourth-order valence-corrected chi connectivity index (χ4v) is 2.31. The van der Waals surface area contributed by atoms with Crippen molar-refractivity contribution in [3.63, 3.8) is 0 Å². The summed E-state index contributed by atoms with van der Waals surface area (Å²) in [6.45, 7) is 0. The van der Waals surface area contributed by atoms with Gasteiger partial charge in [0, 0.05) is 36.5 Å². The molecule has 0 atom stereocenters. The van der Waals surface area contributed by atoms with Crippen molar-refractivity contribution < 1.29 is 9.72 Å². The second-order valence-corrected chi connectivity index (χ2v) is 4.92. The van der Waals surface area contributed by atoms with Crippen molar-refractivity contribution in [1.29, 1.82) is 0 Å². The average Bonchev–Trinajstić information content (AvgIpc) is 3.01. The first-order valence-corrected chi connectivity index (χ1v) is 6.66. The fraction of sp³-hybridized carbons (Fsp3) is 0.0625. The number of amides is 1. The van der Waals surface area contributed by atoms with Crippen molar-refractivity contribution in [2.75, 3.05) is 11.9 Å². The Hall–Kier alpha value is -3.15. The first-order valence-electron chi connectivity index (χ1n) is 6.66. The predicted molar refractivity (Wildman–Crippen MR) is 84.1 cm³/mol. The van der Waals surface area contributed by atoms with Gasteiger partial charge < -0.3 is 9.88 Å². The number of hydrogen-bond acceptors (Lipinski definition) is 3. The van der Waals surface area contributed by atoms with Gasteiger partial charge in [-0.05, 0) is 29.7 Å². The molecular weight excluding hydrogens is 282 g/mol. The quantitative estimate of drug-likeness (QED) is 0.594. The number of aromatic nitrogens is 1. The van der Waals surface area contributed by atoms with Crippen LogP contribution in [0.2, 0.25) is 0 Å². The van der Waals surface area contributed by atoms with E-state index in [0.717, 1.165) is 10.9 Å². The molecule has 3 aromatic rings. The topological polar surface area (TPSA) is 79.2 Å². The number of nitrogens with one attached hydrogen (secondary N) is 1. The van der Waals surface area contributed by atoms with Gasteiger partial charge in [-0.15, -0.1) is 0 Å². The van der Waals surface area contributed by atoms with E-state index in [0.29, 0.717) is 11.3 Å². The summed E-state index contributed by atoms with van der Waals surface area (Å²) < 4.78 is 0. The van der Waals surface area contributed by atoms with Gasteiger partial charge in [0.1, 0.15) is 0 Å². The molecule has 2 aromatic carbocycles. The summed E-state index contributed by atoms with van der Waals surface area (Å²) in [7, 11) is 1.60. The van der Waals surface area contributed by atoms with E-state index >= 15 is 0 Å². The standard InChI is InChI=1S/C16H13N3O3/c1-18(13-3-2-4-14(10-13)19(21)22)16(20)12-6-5-11-7-8-17-15(11)9-12/h2-10,17H,1H3. The molecule has 0 saturated carbocycles. The second-order valence-electron chi connectivity index (χ2n) is 4.92. The molecule has 0 aliphatic rings. The summed E-state index contributed by atoms with van der Waals surface area (Å²) in [5.41, 5.74) is 1.82. The Labute approximate surface area is 126 Å². The molecule has 0 aliphatic heterocycles. The lowest BCUT2D eigenvalue weighted by Crippen LogP contribution is -2.26. The number of H-pyrrole nitrogens is 1. The van der Waals surface area contributed by atoms with Crippen LogP contribution in [0.3, 0.4) is 0 Å². The zero-order chi connectivity index (χ0) is 15.7. The molecule has 0 saturated heterocycles. The minimum absolute atomic E-state index is 0.0445. The highest BCUT2D eigenvalue weighted by atomic mass is 16.6. The number of fused-ring (bicyclic) bond motifs is 1. The number of nitrogens with zero attached hydrogens (tertiary/aromatic N) is 2. The molecular formula is C16H13N3O3. The van der Waals surface area contributed by atoms with E-state index in [-0.39, 0.29) is 11.6 Å². The maximum Gasteiger partial charge on any atom is 0.271 e. The summed E-state index contributed by atoms with van der Waals surface area (Å²) in [5, 5.41) is 11.9. The zero-order valence-electron chi connectivity index (χ0n) is 11.8. The minimum atomic E-state index is -0.479. The van der Waals surface area contributed by atoms with E-state index in [1.165, 1.54) is 17.0 Å². The van der Waals surface area contributed by atoms with Gasteiger partial charge in [0.15, 0.2) is 0 Å². The molecule has 6 nitrogen and oxygen atoms in total. The molecule has 1 N–H and O–H groups in total. The van der Waals surface area contributed by atoms with E-state index in [1.807, 2.05) is 18.3 Å². The Balaban J connectivity index is 1.93. The number of rotatable bonds is 3. The van der Waals surface area contributed by atoms with Gasteiger partial charge in [0.05, 0.1) is 10.6 Å². The van der Waals surface area contributed by atoms with Crippen molar-refractivity contribution in [2.24, 2.45) is 0 Å². The molecule has 0 radical (unpaired) electrons. The molecule has 1 heterocycles. The highest BCUT2D eigenvalue weighted by molar-refractivity contribution is 6.07. The summed E-state index contributed by atoms with van der Waals surface area (Å²) in [6, 6.07) is 13.3. The number of carbonyl (C=O) groups excluding carboxylic acids is 1. The highest BCUT2D eigenvalue weighted by Gasteiger charge is 2.16. The van der Waals surface area contributed by atoms with Crippen LogP contribution in [-0.4, -0.2) is 22.9 Å². The molecule has 0 spiro atoms. The summed E-state index contributed by atoms with van der Waals surface area (Å²) in [6.07, 6.45) is 1.81. The third kappa shape index (κ3) is 2.42. The van der Waals surface area contributed by atoms with E-state index in [4.69, 9.17) is 0 Å². The van der Waals surface area contributed by atoms with Gasteiger partial charge in [-0.25, -0.2) is 0 Å². The van der Waals surface area contributed by atoms with Crippen molar-refractivity contribution in [3.8, 4) is 0 Å². The van der Waals surface area contributed by atoms with Crippen molar-refractivity contribution >= 4 is 28.2 Å². The summed E-state index contributed by atoms with van der Waals surface area (Å²) in [5.74, 6) is -0.225. The molecule has 0 bridgehead atoms. The van der Waals surface area contributed by atoms with Crippen LogP contribution < -0.4 is 4.90 Å². The fourth-order valence-electron chi connectivity index (χ4n) is 2.31. The van der Waals surface area contributed by atoms with E-state index in [2.05, 4.69) is 4.98 Å². The Morgan fingerprint density at radius 2 is 2.00 bits per heavy atom. The summed E-state index contributed by atoms with van der Waals surface area (Å²) in [4.78, 5) is 27.3. The van der Waals surface area contributed by atoms with Crippen LogP contribution in [0.25, 0.3) is 10.9 Å². The maximum absolute atomic E-state index is 12.5. The van der Waals surface area contributed by atoms with Crippen LogP contribution in [0, 0.1) is 10.1 Å². The Kier molecular flexibility index (Phi) is 3.34. The van der Waals surface area contributed by atoms with Crippen LogP contribution in [0.4, 0.5) is 11.4 Å². The first-order chi connectivity index (χ1) is 10.6. The molecule has 3 rings (SSSR count). The lowest BCUT2D eigenvalue weighted by Gasteiger charge is -2.17. The number of nitro benzene ring substituents is 1. The highest BCUT2D eigenvalue weighted by Crippen LogP contribution is 2.22. The Bertz CT molecular complexity index is 870. The van der Waals surface area contributed by atoms with Gasteiger partial charge in [0.25, 0.3) is 11.6 Å². The molecule has 0 unspecified atom stereocenters. The lowest BCUT2D eigenvalue weighted by atomic mass is 10.1. The van der Waals surface area contributed by atoms with E-state index < -0.39 is 4.92 Å². The normalized spacial score (nSPS) is 10.6. The average molecular weight is 295 g/mol. The van der Waals surface area contributed by atoms with Gasteiger partial charge in [0.2, 0.25) is 0 Å². The first kappa shape index (κ1) is 13.8. The number of hydrogen-bond donors (Lipinski definition) is 1. The second kappa shape index (κ2) is 5.33. The van der Waals surface area contributed by atoms with Crippen LogP contribution in [0.15, 0.2) is 54.7 Å². The van der Waals surface area contributed by atoms with E-state index in [9.17, 15) is 14.9 Å². The van der Waals surface area contributed by atoms with Crippen LogP contribution >= 0.6 is 0 Å². The third-order valence-electron chi connectivity index (χ3n) is 3.53. The van der Waals surface area contributed by atoms with Crippen molar-refractivity contribution in [3.05, 3.63) is 70.4 Å². The SMILES string of the molecule is CN(C(=O)c1ccc2cc[nH]c2c1)c1cccc([N+](=O)[O-])c1. The van der Waals surface area contributed by atoms with Gasteiger partial charge in [-0.2, -0.15) is 0 Å². The predicted octanol–water partition coefficient (Wildman–Crippen LogP) is 3.35. The molecule has 0 fully saturated rings. The monoisotopic (exact) mass is 295 g/mol. The van der Waals surface area contributed by atoms with E-state index in [1.54, 1.807) is 31.3 Å². The Morgan fingerprint density at radius 1 is 1.18 bits per heavy atom. The number of aromatic amines is 1. The van der Waals surface area contributed by atoms with Gasteiger partial charge in [-0.3, -0.25) is 14.9 Å². The minimum Gasteiger partial charge on any atom is -0.361 e. The molecule has 1 amide bonds. The van der Waals surface area contributed by atoms with Gasteiger partial charge in [-0.1, -0.05) is 12.1 Å². The largest absolute Gasteiger partial charge is 0.361 e. The number of nitro groups is 1. The van der Waals surface area contributed by atoms with Crippen molar-refractivity contribution in [2.45, 2.75) is 0 Å². The van der Waals surface area contributed by atoms with Crippen LogP contribution in [0.5, 0.6) is 0 Å². The summed E-state index contributed by atoms with van der Waals surface area (Å²) >= 11 is 0. The third-order valence-corrected chi connectivity index (χ3v) is 3.53. The lowest BCUT2D eigenvalue weighted by molar-refractivity contribution is -0.384. The maximum atomic E-state index is 12.5. The smallest absolute Gasteiger partial charge is 0.271 e. The number of carbonyl (C=O) groups is 1.